The van der Waals surface area contributed by atoms with E-state index in [9.17, 15) is 8.42 Å². The maximum atomic E-state index is 12.1. The highest BCUT2D eigenvalue weighted by atomic mass is 35.5. The van der Waals surface area contributed by atoms with Gasteiger partial charge in [0.05, 0.1) is 5.02 Å². The first-order chi connectivity index (χ1) is 8.99. The van der Waals surface area contributed by atoms with Gasteiger partial charge in [-0.3, -0.25) is 0 Å². The minimum Gasteiger partial charge on any atom is -0.383 e. The van der Waals surface area contributed by atoms with E-state index in [-0.39, 0.29) is 28.1 Å². The van der Waals surface area contributed by atoms with E-state index in [0.29, 0.717) is 12.5 Å². The first-order valence-electron chi connectivity index (χ1n) is 6.10. The summed E-state index contributed by atoms with van der Waals surface area (Å²) in [7, 11) is -3.66. The minimum atomic E-state index is -3.66. The molecule has 114 valence electrons. The van der Waals surface area contributed by atoms with Crippen molar-refractivity contribution in [1.29, 1.82) is 0 Å². The SMILES string of the molecule is Cl.Nc1ncc(Cl)cc1S(=O)(=O)NCC1CCCNC1. The van der Waals surface area contributed by atoms with Crippen molar-refractivity contribution in [2.24, 2.45) is 5.92 Å². The largest absolute Gasteiger partial charge is 0.383 e. The van der Waals surface area contributed by atoms with Crippen LogP contribution in [0.2, 0.25) is 5.02 Å². The fourth-order valence-corrected chi connectivity index (χ4v) is 3.49. The van der Waals surface area contributed by atoms with E-state index in [1.54, 1.807) is 0 Å². The number of pyridine rings is 1. The van der Waals surface area contributed by atoms with Crippen molar-refractivity contribution in [2.75, 3.05) is 25.4 Å². The van der Waals surface area contributed by atoms with Crippen LogP contribution in [0, 0.1) is 5.92 Å². The van der Waals surface area contributed by atoms with Crippen LogP contribution in [0.4, 0.5) is 5.82 Å². The molecule has 0 saturated carbocycles. The molecule has 4 N–H and O–H groups in total. The van der Waals surface area contributed by atoms with Gasteiger partial charge >= 0.3 is 0 Å². The number of rotatable bonds is 4. The van der Waals surface area contributed by atoms with Gasteiger partial charge in [0.1, 0.15) is 10.7 Å². The van der Waals surface area contributed by atoms with Gasteiger partial charge in [-0.05, 0) is 37.9 Å². The number of sulfonamides is 1. The molecule has 20 heavy (non-hydrogen) atoms. The van der Waals surface area contributed by atoms with Gasteiger partial charge < -0.3 is 11.1 Å². The molecule has 0 bridgehead atoms. The second-order valence-corrected chi connectivity index (χ2v) is 6.77. The lowest BCUT2D eigenvalue weighted by Gasteiger charge is -2.22. The Kier molecular flexibility index (Phi) is 6.47. The van der Waals surface area contributed by atoms with Crippen LogP contribution in [0.3, 0.4) is 0 Å². The molecule has 1 aliphatic rings. The Morgan fingerprint density at radius 2 is 2.30 bits per heavy atom. The van der Waals surface area contributed by atoms with Crippen LogP contribution >= 0.6 is 24.0 Å². The van der Waals surface area contributed by atoms with Crippen LogP contribution < -0.4 is 15.8 Å². The van der Waals surface area contributed by atoms with Gasteiger partial charge in [0.2, 0.25) is 10.0 Å². The summed E-state index contributed by atoms with van der Waals surface area (Å²) in [5.41, 5.74) is 5.58. The molecule has 2 rings (SSSR count). The predicted molar refractivity (Wildman–Crippen MR) is 81.7 cm³/mol. The zero-order valence-electron chi connectivity index (χ0n) is 10.8. The van der Waals surface area contributed by atoms with Crippen molar-refractivity contribution in [2.45, 2.75) is 17.7 Å². The first-order valence-corrected chi connectivity index (χ1v) is 7.96. The number of nitrogens with zero attached hydrogens (tertiary/aromatic N) is 1. The van der Waals surface area contributed by atoms with Crippen LogP contribution in [0.15, 0.2) is 17.2 Å². The fourth-order valence-electron chi connectivity index (χ4n) is 2.05. The molecule has 2 heterocycles. The van der Waals surface area contributed by atoms with Gasteiger partial charge in [0.15, 0.2) is 0 Å². The topological polar surface area (TPSA) is 97.1 Å². The molecule has 1 saturated heterocycles. The lowest BCUT2D eigenvalue weighted by Crippen LogP contribution is -2.38. The predicted octanol–water partition coefficient (Wildman–Crippen LogP) is 1.02. The number of halogens is 2. The average Bonchev–Trinajstić information content (AvgIpc) is 2.40. The number of hydrogen-bond acceptors (Lipinski definition) is 5. The third-order valence-electron chi connectivity index (χ3n) is 3.10. The number of aromatic nitrogens is 1. The van der Waals surface area contributed by atoms with Crippen molar-refractivity contribution in [1.82, 2.24) is 15.0 Å². The van der Waals surface area contributed by atoms with Crippen molar-refractivity contribution in [3.63, 3.8) is 0 Å². The Balaban J connectivity index is 0.00000200. The van der Waals surface area contributed by atoms with E-state index in [1.807, 2.05) is 0 Å². The van der Waals surface area contributed by atoms with Crippen LogP contribution in [-0.2, 0) is 10.0 Å². The molecule has 1 fully saturated rings. The van der Waals surface area contributed by atoms with Crippen LogP contribution in [0.25, 0.3) is 0 Å². The molecule has 0 aliphatic carbocycles. The number of hydrogen-bond donors (Lipinski definition) is 3. The number of anilines is 1. The fraction of sp³-hybridized carbons (Fsp3) is 0.545. The Hall–Kier alpha value is -0.600. The van der Waals surface area contributed by atoms with E-state index in [4.69, 9.17) is 17.3 Å². The maximum absolute atomic E-state index is 12.1. The lowest BCUT2D eigenvalue weighted by atomic mass is 10.0. The summed E-state index contributed by atoms with van der Waals surface area (Å²) in [4.78, 5) is 3.69. The van der Waals surface area contributed by atoms with Gasteiger partial charge in [-0.25, -0.2) is 18.1 Å². The summed E-state index contributed by atoms with van der Waals surface area (Å²) in [6.07, 6.45) is 3.40. The summed E-state index contributed by atoms with van der Waals surface area (Å²) in [5.74, 6) is 0.260. The van der Waals surface area contributed by atoms with Crippen LogP contribution in [0.1, 0.15) is 12.8 Å². The maximum Gasteiger partial charge on any atom is 0.244 e. The highest BCUT2D eigenvalue weighted by molar-refractivity contribution is 7.89. The Bertz CT molecular complexity index is 547. The summed E-state index contributed by atoms with van der Waals surface area (Å²) < 4.78 is 26.8. The first kappa shape index (κ1) is 17.5. The molecule has 1 aliphatic heterocycles. The Labute approximate surface area is 129 Å². The molecule has 9 heteroatoms. The quantitative estimate of drug-likeness (QED) is 0.760. The third kappa shape index (κ3) is 4.46. The Morgan fingerprint density at radius 3 is 2.95 bits per heavy atom. The number of piperidine rings is 1. The molecule has 0 amide bonds. The van der Waals surface area contributed by atoms with Gasteiger partial charge in [0, 0.05) is 12.7 Å². The number of nitrogen functional groups attached to an aromatic ring is 1. The summed E-state index contributed by atoms with van der Waals surface area (Å²) in [6.45, 7) is 2.21. The minimum absolute atomic E-state index is 0. The zero-order chi connectivity index (χ0) is 13.9. The van der Waals surface area contributed by atoms with E-state index in [1.165, 1.54) is 12.3 Å². The van der Waals surface area contributed by atoms with Crippen molar-refractivity contribution < 1.29 is 8.42 Å². The van der Waals surface area contributed by atoms with Crippen molar-refractivity contribution in [3.05, 3.63) is 17.3 Å². The van der Waals surface area contributed by atoms with E-state index in [0.717, 1.165) is 25.9 Å². The van der Waals surface area contributed by atoms with E-state index >= 15 is 0 Å². The van der Waals surface area contributed by atoms with Gasteiger partial charge in [0.25, 0.3) is 0 Å². The van der Waals surface area contributed by atoms with Gasteiger partial charge in [-0.15, -0.1) is 12.4 Å². The smallest absolute Gasteiger partial charge is 0.244 e. The summed E-state index contributed by atoms with van der Waals surface area (Å²) >= 11 is 5.75. The molecule has 0 spiro atoms. The monoisotopic (exact) mass is 340 g/mol. The second-order valence-electron chi connectivity index (χ2n) is 4.60. The molecular formula is C11H18Cl2N4O2S. The lowest BCUT2D eigenvalue weighted by molar-refractivity contribution is 0.376. The number of nitrogens with two attached hydrogens (primary N) is 1. The molecule has 1 atom stereocenters. The van der Waals surface area contributed by atoms with Crippen molar-refractivity contribution in [3.8, 4) is 0 Å². The van der Waals surface area contributed by atoms with Crippen LogP contribution in [0.5, 0.6) is 0 Å². The highest BCUT2D eigenvalue weighted by Crippen LogP contribution is 2.20. The normalized spacial score (nSPS) is 19.4. The molecule has 6 nitrogen and oxygen atoms in total. The molecular weight excluding hydrogens is 323 g/mol. The molecule has 1 aromatic heterocycles. The highest BCUT2D eigenvalue weighted by Gasteiger charge is 2.21. The zero-order valence-corrected chi connectivity index (χ0v) is 13.2. The molecule has 1 aromatic rings. The standard InChI is InChI=1S/C11H17ClN4O2S.ClH/c12-9-4-10(11(13)15-7-9)19(17,18)16-6-8-2-1-3-14-5-8;/h4,7-8,14,16H,1-3,5-6H2,(H2,13,15);1H. The molecule has 1 unspecified atom stereocenters. The van der Waals surface area contributed by atoms with Crippen LogP contribution in [-0.4, -0.2) is 33.0 Å². The Morgan fingerprint density at radius 1 is 1.55 bits per heavy atom. The third-order valence-corrected chi connectivity index (χ3v) is 4.76. The van der Waals surface area contributed by atoms with Gasteiger partial charge in [-0.1, -0.05) is 11.6 Å². The molecule has 0 radical (unpaired) electrons. The van der Waals surface area contributed by atoms with Gasteiger partial charge in [-0.2, -0.15) is 0 Å². The summed E-state index contributed by atoms with van der Waals surface area (Å²) in [5, 5.41) is 3.48. The number of nitrogens with one attached hydrogen (secondary N) is 2. The summed E-state index contributed by atoms with van der Waals surface area (Å²) in [6, 6.07) is 1.31. The molecule has 0 aromatic carbocycles. The van der Waals surface area contributed by atoms with E-state index < -0.39 is 10.0 Å². The van der Waals surface area contributed by atoms with Crippen molar-refractivity contribution >= 4 is 39.8 Å². The van der Waals surface area contributed by atoms with E-state index in [2.05, 4.69) is 15.0 Å². The second kappa shape index (κ2) is 7.42. The average molecular weight is 341 g/mol.